The van der Waals surface area contributed by atoms with E-state index in [0.29, 0.717) is 12.1 Å². The van der Waals surface area contributed by atoms with Gasteiger partial charge in [-0.3, -0.25) is 4.90 Å². The van der Waals surface area contributed by atoms with Gasteiger partial charge in [0.25, 0.3) is 0 Å². The molecule has 1 heterocycles. The molecule has 2 atom stereocenters. The molecular formula is C18H31N3. The average Bonchev–Trinajstić information content (AvgIpc) is 2.54. The zero-order valence-corrected chi connectivity index (χ0v) is 13.9. The van der Waals surface area contributed by atoms with Crippen LogP contribution in [0.3, 0.4) is 0 Å². The van der Waals surface area contributed by atoms with Crippen molar-refractivity contribution in [2.75, 3.05) is 39.3 Å². The summed E-state index contributed by atoms with van der Waals surface area (Å²) in [5, 5.41) is 3.68. The topological polar surface area (TPSA) is 18.5 Å². The van der Waals surface area contributed by atoms with E-state index in [1.54, 1.807) is 0 Å². The molecule has 1 aromatic rings. The molecule has 0 bridgehead atoms. The number of nitrogens with one attached hydrogen (secondary N) is 1. The number of hydrogen-bond donors (Lipinski definition) is 1. The Morgan fingerprint density at radius 2 is 1.71 bits per heavy atom. The SMILES string of the molecule is CCCN1CCN(C(C)C(NCC)c2ccccc2)CC1. The van der Waals surface area contributed by atoms with Crippen LogP contribution in [0.5, 0.6) is 0 Å². The van der Waals surface area contributed by atoms with Crippen molar-refractivity contribution in [3.05, 3.63) is 35.9 Å². The smallest absolute Gasteiger partial charge is 0.0475 e. The Morgan fingerprint density at radius 3 is 2.29 bits per heavy atom. The molecule has 0 radical (unpaired) electrons. The molecule has 21 heavy (non-hydrogen) atoms. The van der Waals surface area contributed by atoms with Crippen molar-refractivity contribution in [3.63, 3.8) is 0 Å². The average molecular weight is 289 g/mol. The van der Waals surface area contributed by atoms with Crippen LogP contribution in [-0.4, -0.2) is 55.1 Å². The van der Waals surface area contributed by atoms with E-state index < -0.39 is 0 Å². The van der Waals surface area contributed by atoms with Gasteiger partial charge in [-0.1, -0.05) is 44.2 Å². The van der Waals surface area contributed by atoms with Crippen LogP contribution in [0.2, 0.25) is 0 Å². The lowest BCUT2D eigenvalue weighted by atomic mass is 9.98. The lowest BCUT2D eigenvalue weighted by Gasteiger charge is -2.41. The summed E-state index contributed by atoms with van der Waals surface area (Å²) < 4.78 is 0. The summed E-state index contributed by atoms with van der Waals surface area (Å²) in [5.74, 6) is 0. The second-order valence-electron chi connectivity index (χ2n) is 6.06. The third-order valence-electron chi connectivity index (χ3n) is 4.59. The first-order valence-corrected chi connectivity index (χ1v) is 8.51. The summed E-state index contributed by atoms with van der Waals surface area (Å²) in [7, 11) is 0. The minimum absolute atomic E-state index is 0.425. The fourth-order valence-corrected chi connectivity index (χ4v) is 3.37. The maximum atomic E-state index is 3.68. The highest BCUT2D eigenvalue weighted by molar-refractivity contribution is 5.20. The van der Waals surface area contributed by atoms with E-state index in [1.165, 1.54) is 44.7 Å². The van der Waals surface area contributed by atoms with E-state index in [2.05, 4.69) is 66.2 Å². The second-order valence-corrected chi connectivity index (χ2v) is 6.06. The first-order chi connectivity index (χ1) is 10.3. The Bertz CT molecular complexity index is 385. The van der Waals surface area contributed by atoms with E-state index in [1.807, 2.05) is 0 Å². The highest BCUT2D eigenvalue weighted by atomic mass is 15.3. The standard InChI is InChI=1S/C18H31N3/c1-4-11-20-12-14-21(15-13-20)16(3)18(19-5-2)17-9-7-6-8-10-17/h6-10,16,18-19H,4-5,11-15H2,1-3H3. The van der Waals surface area contributed by atoms with Crippen LogP contribution in [0.15, 0.2) is 30.3 Å². The Kier molecular flexibility index (Phi) is 6.68. The number of rotatable bonds is 7. The van der Waals surface area contributed by atoms with Gasteiger partial charge in [0.1, 0.15) is 0 Å². The first kappa shape index (κ1) is 16.5. The molecule has 2 unspecified atom stereocenters. The number of benzene rings is 1. The molecule has 1 aromatic carbocycles. The Hall–Kier alpha value is -0.900. The molecule has 118 valence electrons. The first-order valence-electron chi connectivity index (χ1n) is 8.51. The van der Waals surface area contributed by atoms with Crippen LogP contribution >= 0.6 is 0 Å². The van der Waals surface area contributed by atoms with Crippen molar-refractivity contribution >= 4 is 0 Å². The van der Waals surface area contributed by atoms with Gasteiger partial charge in [-0.25, -0.2) is 0 Å². The minimum atomic E-state index is 0.425. The van der Waals surface area contributed by atoms with Gasteiger partial charge >= 0.3 is 0 Å². The van der Waals surface area contributed by atoms with E-state index in [0.717, 1.165) is 6.54 Å². The monoisotopic (exact) mass is 289 g/mol. The molecule has 0 saturated carbocycles. The molecule has 0 spiro atoms. The maximum absolute atomic E-state index is 3.68. The van der Waals surface area contributed by atoms with Crippen molar-refractivity contribution in [3.8, 4) is 0 Å². The molecule has 2 rings (SSSR count). The van der Waals surface area contributed by atoms with Gasteiger partial charge in [0.15, 0.2) is 0 Å². The summed E-state index contributed by atoms with van der Waals surface area (Å²) in [5.41, 5.74) is 1.41. The Morgan fingerprint density at radius 1 is 1.05 bits per heavy atom. The van der Waals surface area contributed by atoms with E-state index >= 15 is 0 Å². The van der Waals surface area contributed by atoms with Crippen LogP contribution in [0.1, 0.15) is 38.8 Å². The van der Waals surface area contributed by atoms with Crippen molar-refractivity contribution in [1.82, 2.24) is 15.1 Å². The van der Waals surface area contributed by atoms with Gasteiger partial charge < -0.3 is 10.2 Å². The minimum Gasteiger partial charge on any atom is -0.309 e. The molecule has 0 aliphatic carbocycles. The van der Waals surface area contributed by atoms with Crippen LogP contribution < -0.4 is 5.32 Å². The summed E-state index contributed by atoms with van der Waals surface area (Å²) in [6.07, 6.45) is 1.26. The van der Waals surface area contributed by atoms with Gasteiger partial charge in [-0.2, -0.15) is 0 Å². The lowest BCUT2D eigenvalue weighted by Crippen LogP contribution is -2.52. The van der Waals surface area contributed by atoms with Crippen molar-refractivity contribution in [2.24, 2.45) is 0 Å². The molecule has 3 heteroatoms. The molecular weight excluding hydrogens is 258 g/mol. The van der Waals surface area contributed by atoms with Crippen LogP contribution in [0.25, 0.3) is 0 Å². The molecule has 0 aromatic heterocycles. The third-order valence-corrected chi connectivity index (χ3v) is 4.59. The van der Waals surface area contributed by atoms with E-state index in [-0.39, 0.29) is 0 Å². The molecule has 1 aliphatic rings. The highest BCUT2D eigenvalue weighted by Crippen LogP contribution is 2.22. The summed E-state index contributed by atoms with van der Waals surface area (Å²) in [4.78, 5) is 5.24. The molecule has 1 aliphatic heterocycles. The number of nitrogens with zero attached hydrogens (tertiary/aromatic N) is 2. The van der Waals surface area contributed by atoms with Crippen molar-refractivity contribution in [2.45, 2.75) is 39.3 Å². The van der Waals surface area contributed by atoms with Crippen LogP contribution in [0.4, 0.5) is 0 Å². The fourth-order valence-electron chi connectivity index (χ4n) is 3.37. The van der Waals surface area contributed by atoms with Gasteiger partial charge in [0.2, 0.25) is 0 Å². The summed E-state index contributed by atoms with van der Waals surface area (Å²) in [6.45, 7) is 13.9. The largest absolute Gasteiger partial charge is 0.309 e. The zero-order chi connectivity index (χ0) is 15.1. The van der Waals surface area contributed by atoms with Gasteiger partial charge in [-0.15, -0.1) is 0 Å². The lowest BCUT2D eigenvalue weighted by molar-refractivity contribution is 0.0858. The molecule has 1 saturated heterocycles. The number of hydrogen-bond acceptors (Lipinski definition) is 3. The quantitative estimate of drug-likeness (QED) is 0.833. The second kappa shape index (κ2) is 8.52. The fraction of sp³-hybridized carbons (Fsp3) is 0.667. The number of piperazine rings is 1. The predicted octanol–water partition coefficient (Wildman–Crippen LogP) is 2.75. The molecule has 0 amide bonds. The number of likely N-dealkylation sites (N-methyl/N-ethyl adjacent to an activating group) is 1. The van der Waals surface area contributed by atoms with E-state index in [9.17, 15) is 0 Å². The molecule has 3 nitrogen and oxygen atoms in total. The van der Waals surface area contributed by atoms with Gasteiger partial charge in [0.05, 0.1) is 0 Å². The maximum Gasteiger partial charge on any atom is 0.0475 e. The Balaban J connectivity index is 1.98. The molecule has 1 fully saturated rings. The van der Waals surface area contributed by atoms with Crippen molar-refractivity contribution < 1.29 is 0 Å². The Labute approximate surface area is 130 Å². The van der Waals surface area contributed by atoms with Crippen LogP contribution in [-0.2, 0) is 0 Å². The van der Waals surface area contributed by atoms with Crippen molar-refractivity contribution in [1.29, 1.82) is 0 Å². The molecule has 1 N–H and O–H groups in total. The van der Waals surface area contributed by atoms with Gasteiger partial charge in [0, 0.05) is 38.3 Å². The van der Waals surface area contributed by atoms with E-state index in [4.69, 9.17) is 0 Å². The highest BCUT2D eigenvalue weighted by Gasteiger charge is 2.27. The normalized spacial score (nSPS) is 20.3. The van der Waals surface area contributed by atoms with Crippen LogP contribution in [0, 0.1) is 0 Å². The summed E-state index contributed by atoms with van der Waals surface area (Å²) in [6, 6.07) is 11.8. The predicted molar refractivity (Wildman–Crippen MR) is 90.6 cm³/mol. The van der Waals surface area contributed by atoms with Gasteiger partial charge in [-0.05, 0) is 32.0 Å². The summed E-state index contributed by atoms with van der Waals surface area (Å²) >= 11 is 0. The zero-order valence-electron chi connectivity index (χ0n) is 13.9. The third kappa shape index (κ3) is 4.53.